The van der Waals surface area contributed by atoms with E-state index in [1.54, 1.807) is 30.4 Å². The molecule has 4 rings (SSSR count). The number of aliphatic carboxylic acids is 1. The minimum absolute atomic E-state index is 0.0295. The van der Waals surface area contributed by atoms with Gasteiger partial charge < -0.3 is 14.6 Å². The van der Waals surface area contributed by atoms with Gasteiger partial charge in [0.05, 0.1) is 25.3 Å². The number of anilines is 1. The fourth-order valence-corrected chi connectivity index (χ4v) is 8.09. The second-order valence-electron chi connectivity index (χ2n) is 13.4. The van der Waals surface area contributed by atoms with Crippen molar-refractivity contribution in [1.29, 1.82) is 0 Å². The molecule has 2 heterocycles. The summed E-state index contributed by atoms with van der Waals surface area (Å²) < 4.78 is 103. The number of unbranched alkanes of at least 4 members (excludes halogenated alkanes) is 2. The van der Waals surface area contributed by atoms with Crippen LogP contribution >= 0.6 is 0 Å². The second-order valence-corrected chi connectivity index (χ2v) is 17.7. The fourth-order valence-electron chi connectivity index (χ4n) is 6.59. The third kappa shape index (κ3) is 8.79. The molecule has 0 fully saturated rings. The van der Waals surface area contributed by atoms with Crippen LogP contribution in [0.2, 0.25) is 0 Å². The predicted octanol–water partition coefficient (Wildman–Crippen LogP) is 4.93. The predicted molar refractivity (Wildman–Crippen MR) is 187 cm³/mol. The van der Waals surface area contributed by atoms with Crippen molar-refractivity contribution in [2.75, 3.05) is 23.7 Å². The average molecular weight is 751 g/mol. The lowest BCUT2D eigenvalue weighted by Gasteiger charge is -2.27. The molecule has 272 valence electrons. The van der Waals surface area contributed by atoms with Crippen LogP contribution in [0.3, 0.4) is 0 Å². The van der Waals surface area contributed by atoms with Crippen molar-refractivity contribution >= 4 is 53.4 Å². The number of nitrogens with zero attached hydrogens (tertiary/aromatic N) is 2. The van der Waals surface area contributed by atoms with E-state index < -0.39 is 52.9 Å². The van der Waals surface area contributed by atoms with Gasteiger partial charge in [0.15, 0.2) is 5.71 Å². The third-order valence-corrected chi connectivity index (χ3v) is 11.6. The monoisotopic (exact) mass is 750 g/mol. The highest BCUT2D eigenvalue weighted by Gasteiger charge is 2.45. The summed E-state index contributed by atoms with van der Waals surface area (Å²) in [5.74, 6) is -1.44. The van der Waals surface area contributed by atoms with Crippen LogP contribution in [0.25, 0.3) is 0 Å². The lowest BCUT2D eigenvalue weighted by molar-refractivity contribution is -0.437. The van der Waals surface area contributed by atoms with Gasteiger partial charge in [-0.2, -0.15) is 21.4 Å². The highest BCUT2D eigenvalue weighted by Crippen LogP contribution is 2.48. The third-order valence-electron chi connectivity index (χ3n) is 9.10. The van der Waals surface area contributed by atoms with E-state index in [0.29, 0.717) is 48.3 Å². The van der Waals surface area contributed by atoms with E-state index in [9.17, 15) is 43.7 Å². The summed E-state index contributed by atoms with van der Waals surface area (Å²) in [6, 6.07) is 8.64. The maximum atomic E-state index is 11.9. The first-order chi connectivity index (χ1) is 23.0. The Hall–Kier alpha value is -3.67. The summed E-state index contributed by atoms with van der Waals surface area (Å²) >= 11 is 0. The Bertz CT molecular complexity index is 2130. The topological polar surface area (TPSA) is 209 Å². The van der Waals surface area contributed by atoms with Gasteiger partial charge in [-0.05, 0) is 68.7 Å². The van der Waals surface area contributed by atoms with Crippen molar-refractivity contribution in [1.82, 2.24) is 0 Å². The first kappa shape index (κ1) is 39.1. The van der Waals surface area contributed by atoms with Gasteiger partial charge in [0.1, 0.15) is 6.54 Å². The second kappa shape index (κ2) is 14.5. The van der Waals surface area contributed by atoms with Crippen LogP contribution in [-0.4, -0.2) is 79.1 Å². The van der Waals surface area contributed by atoms with Gasteiger partial charge in [0.2, 0.25) is 5.69 Å². The van der Waals surface area contributed by atoms with Crippen molar-refractivity contribution in [3.63, 3.8) is 0 Å². The van der Waals surface area contributed by atoms with Crippen molar-refractivity contribution in [2.45, 2.75) is 80.4 Å². The van der Waals surface area contributed by atoms with Gasteiger partial charge in [0.25, 0.3) is 20.2 Å². The minimum atomic E-state index is -4.49. The molecule has 0 radical (unpaired) electrons. The maximum absolute atomic E-state index is 11.9. The molecule has 0 amide bonds. The number of carboxylic acids is 1. The van der Waals surface area contributed by atoms with Gasteiger partial charge in [0, 0.05) is 59.6 Å². The molecule has 13 nitrogen and oxygen atoms in total. The molecule has 0 spiro atoms. The highest BCUT2D eigenvalue weighted by atomic mass is 32.2. The van der Waals surface area contributed by atoms with Crippen molar-refractivity contribution in [2.24, 2.45) is 0 Å². The Morgan fingerprint density at radius 2 is 1.44 bits per heavy atom. The van der Waals surface area contributed by atoms with Crippen LogP contribution < -0.4 is 4.90 Å². The molecule has 2 aliphatic rings. The number of carboxylic acid groups (broad SMARTS) is 1. The number of fused-ring (bicyclic) bond motifs is 2. The molecule has 0 aromatic heterocycles. The summed E-state index contributed by atoms with van der Waals surface area (Å²) in [6.45, 7) is 8.31. The lowest BCUT2D eigenvalue weighted by atomic mass is 9.81. The average Bonchev–Trinajstić information content (AvgIpc) is 3.33. The number of rotatable bonds is 15. The molecule has 0 bridgehead atoms. The molecular weight excluding hydrogens is 709 g/mol. The quantitative estimate of drug-likeness (QED) is 0.0958. The molecule has 2 aromatic carbocycles. The summed E-state index contributed by atoms with van der Waals surface area (Å²) in [6.07, 6.45) is 11.0. The molecule has 0 saturated carbocycles. The van der Waals surface area contributed by atoms with Gasteiger partial charge in [-0.3, -0.25) is 13.9 Å². The van der Waals surface area contributed by atoms with Crippen molar-refractivity contribution in [3.8, 4) is 0 Å². The van der Waals surface area contributed by atoms with Gasteiger partial charge in [-0.25, -0.2) is 8.42 Å². The maximum Gasteiger partial charge on any atom is 0.303 e. The Balaban J connectivity index is 1.68. The van der Waals surface area contributed by atoms with Crippen LogP contribution in [0.4, 0.5) is 11.4 Å². The summed E-state index contributed by atoms with van der Waals surface area (Å²) in [7, 11) is -13.4. The van der Waals surface area contributed by atoms with E-state index >= 15 is 0 Å². The Morgan fingerprint density at radius 1 is 0.820 bits per heavy atom. The normalized spacial score (nSPS) is 18.1. The van der Waals surface area contributed by atoms with Gasteiger partial charge in [-0.15, -0.1) is 0 Å². The molecule has 0 unspecified atom stereocenters. The summed E-state index contributed by atoms with van der Waals surface area (Å²) in [5, 5.41) is 8.99. The molecule has 2 aliphatic heterocycles. The van der Waals surface area contributed by atoms with Crippen LogP contribution in [-0.2, 0) is 46.0 Å². The first-order valence-electron chi connectivity index (χ1n) is 15.9. The standard InChI is InChI=1S/C34H42N2O11S3/c1-33(2)26-22-24(49(42,43)44)15-17-28(26)35(19-10-6-9-14-32(37)38)30(33)12-7-5-8-13-31-34(3,4)27-23-25(50(45,46)47)16-18-29(27)36(31)20-11-21-48(39,40)41/h5,7-8,12-13,15-18,22-23H,6,9-11,14,19-21H2,1-4H3,(H3-,37,38,39,40,41,42,43,44,45,46,47). The van der Waals surface area contributed by atoms with Crippen molar-refractivity contribution in [3.05, 3.63) is 83.6 Å². The molecule has 0 saturated heterocycles. The van der Waals surface area contributed by atoms with Gasteiger partial charge >= 0.3 is 5.97 Å². The largest absolute Gasteiger partial charge is 0.748 e. The Morgan fingerprint density at radius 3 is 2.04 bits per heavy atom. The molecule has 16 heteroatoms. The molecule has 2 aromatic rings. The number of carbonyl (C=O) groups is 1. The SMILES string of the molecule is CC1(C)C(/C=C/C=C/C=C2/N(CCCCCC(=O)O)c3ccc(S(=O)(=O)O)cc3C2(C)C)=[N+](CCCS(=O)(=O)[O-])c2ccc(S(=O)(=O)O)cc21. The number of allylic oxidation sites excluding steroid dienone is 6. The summed E-state index contributed by atoms with van der Waals surface area (Å²) in [5.41, 5.74) is 2.80. The zero-order chi connectivity index (χ0) is 37.3. The van der Waals surface area contributed by atoms with E-state index in [1.807, 2.05) is 38.3 Å². The summed E-state index contributed by atoms with van der Waals surface area (Å²) in [4.78, 5) is 12.5. The van der Waals surface area contributed by atoms with E-state index in [2.05, 4.69) is 4.90 Å². The fraction of sp³-hybridized carbons (Fsp3) is 0.412. The number of benzene rings is 2. The molecule has 0 atom stereocenters. The first-order valence-corrected chi connectivity index (χ1v) is 20.4. The lowest BCUT2D eigenvalue weighted by Crippen LogP contribution is -2.28. The van der Waals surface area contributed by atoms with E-state index in [0.717, 1.165) is 11.4 Å². The van der Waals surface area contributed by atoms with Gasteiger partial charge in [-0.1, -0.05) is 38.5 Å². The van der Waals surface area contributed by atoms with E-state index in [-0.39, 0.29) is 29.2 Å². The van der Waals surface area contributed by atoms with E-state index in [4.69, 9.17) is 5.11 Å². The highest BCUT2D eigenvalue weighted by molar-refractivity contribution is 7.86. The smallest absolute Gasteiger partial charge is 0.303 e. The Kier molecular flexibility index (Phi) is 11.4. The van der Waals surface area contributed by atoms with Crippen LogP contribution in [0, 0.1) is 0 Å². The molecule has 50 heavy (non-hydrogen) atoms. The van der Waals surface area contributed by atoms with Crippen LogP contribution in [0.1, 0.15) is 70.9 Å². The van der Waals surface area contributed by atoms with Crippen molar-refractivity contribution < 1.29 is 53.4 Å². The van der Waals surface area contributed by atoms with Crippen LogP contribution in [0.5, 0.6) is 0 Å². The molecular formula is C34H42N2O11S3. The minimum Gasteiger partial charge on any atom is -0.748 e. The number of hydrogen-bond acceptors (Lipinski definition) is 9. The zero-order valence-electron chi connectivity index (χ0n) is 28.2. The van der Waals surface area contributed by atoms with E-state index in [1.165, 1.54) is 30.3 Å². The Labute approximate surface area is 293 Å². The molecule has 3 N–H and O–H groups in total. The van der Waals surface area contributed by atoms with Crippen LogP contribution in [0.15, 0.2) is 82.3 Å². The number of hydrogen-bond donors (Lipinski definition) is 3. The molecule has 0 aliphatic carbocycles. The zero-order valence-corrected chi connectivity index (χ0v) is 30.7.